The Morgan fingerprint density at radius 1 is 1.25 bits per heavy atom. The number of hydrogen-bond donors (Lipinski definition) is 0. The molecule has 0 N–H and O–H groups in total. The lowest BCUT2D eigenvalue weighted by Crippen LogP contribution is -2.50. The molecule has 1 aromatic heterocycles. The number of aryl methyl sites for hydroxylation is 1. The molecule has 1 saturated heterocycles. The van der Waals surface area contributed by atoms with Gasteiger partial charge in [-0.25, -0.2) is 14.8 Å². The second-order valence-electron chi connectivity index (χ2n) is 7.66. The van der Waals surface area contributed by atoms with E-state index in [0.717, 1.165) is 31.7 Å². The van der Waals surface area contributed by atoms with Gasteiger partial charge in [0, 0.05) is 37.4 Å². The van der Waals surface area contributed by atoms with Gasteiger partial charge in [0.1, 0.15) is 17.7 Å². The van der Waals surface area contributed by atoms with Gasteiger partial charge in [-0.05, 0) is 46.0 Å². The van der Waals surface area contributed by atoms with Crippen LogP contribution in [-0.2, 0) is 11.2 Å². The Balaban J connectivity index is 1.68. The zero-order valence-electron chi connectivity index (χ0n) is 15.2. The fourth-order valence-corrected chi connectivity index (χ4v) is 3.58. The number of hydrogen-bond acceptors (Lipinski definition) is 5. The standard InChI is InChI=1S/C18H28N4O2/c1-5-13-6-7-14-15(13)16(20-12-19-14)21-8-10-22(11-9-21)17(23)24-18(2,3)4/h12-13H,5-11H2,1-4H3. The van der Waals surface area contributed by atoms with E-state index in [9.17, 15) is 4.79 Å². The van der Waals surface area contributed by atoms with E-state index >= 15 is 0 Å². The maximum absolute atomic E-state index is 12.2. The van der Waals surface area contributed by atoms with Crippen molar-refractivity contribution in [3.8, 4) is 0 Å². The van der Waals surface area contributed by atoms with Gasteiger partial charge in [-0.1, -0.05) is 6.92 Å². The Labute approximate surface area is 144 Å². The summed E-state index contributed by atoms with van der Waals surface area (Å²) in [5.74, 6) is 1.65. The van der Waals surface area contributed by atoms with Gasteiger partial charge in [0.2, 0.25) is 0 Å². The highest BCUT2D eigenvalue weighted by atomic mass is 16.6. The average Bonchev–Trinajstić information content (AvgIpc) is 2.96. The van der Waals surface area contributed by atoms with Crippen molar-refractivity contribution in [2.75, 3.05) is 31.1 Å². The third-order valence-electron chi connectivity index (χ3n) is 4.81. The number of ether oxygens (including phenoxy) is 1. The Bertz CT molecular complexity index is 604. The van der Waals surface area contributed by atoms with Crippen LogP contribution >= 0.6 is 0 Å². The van der Waals surface area contributed by atoms with Crippen LogP contribution in [0.4, 0.5) is 10.6 Å². The molecule has 132 valence electrons. The second kappa shape index (κ2) is 6.57. The van der Waals surface area contributed by atoms with E-state index in [1.165, 1.54) is 17.7 Å². The van der Waals surface area contributed by atoms with Crippen LogP contribution < -0.4 is 4.90 Å². The van der Waals surface area contributed by atoms with Gasteiger partial charge in [0.15, 0.2) is 0 Å². The van der Waals surface area contributed by atoms with Crippen molar-refractivity contribution in [2.24, 2.45) is 0 Å². The number of carbonyl (C=O) groups is 1. The number of fused-ring (bicyclic) bond motifs is 1. The van der Waals surface area contributed by atoms with Crippen molar-refractivity contribution in [3.63, 3.8) is 0 Å². The minimum atomic E-state index is -0.448. The van der Waals surface area contributed by atoms with Gasteiger partial charge in [0.05, 0.1) is 0 Å². The van der Waals surface area contributed by atoms with Gasteiger partial charge in [-0.2, -0.15) is 0 Å². The predicted molar refractivity (Wildman–Crippen MR) is 93.4 cm³/mol. The van der Waals surface area contributed by atoms with Crippen LogP contribution in [0.5, 0.6) is 0 Å². The molecule has 1 aliphatic carbocycles. The summed E-state index contributed by atoms with van der Waals surface area (Å²) in [6, 6.07) is 0. The molecule has 1 atom stereocenters. The molecule has 6 heteroatoms. The van der Waals surface area contributed by atoms with Crippen LogP contribution in [0.3, 0.4) is 0 Å². The molecule has 1 aliphatic heterocycles. The van der Waals surface area contributed by atoms with E-state index in [-0.39, 0.29) is 6.09 Å². The number of rotatable bonds is 2. The number of nitrogens with zero attached hydrogens (tertiary/aromatic N) is 4. The number of piperazine rings is 1. The molecule has 0 bridgehead atoms. The van der Waals surface area contributed by atoms with Crippen molar-refractivity contribution in [1.82, 2.24) is 14.9 Å². The lowest BCUT2D eigenvalue weighted by atomic mass is 10.00. The number of carbonyl (C=O) groups excluding carboxylic acids is 1. The molecule has 6 nitrogen and oxygen atoms in total. The minimum absolute atomic E-state index is 0.221. The lowest BCUT2D eigenvalue weighted by molar-refractivity contribution is 0.0240. The van der Waals surface area contributed by atoms with Gasteiger partial charge >= 0.3 is 6.09 Å². The van der Waals surface area contributed by atoms with Crippen LogP contribution in [0.25, 0.3) is 0 Å². The van der Waals surface area contributed by atoms with Crippen molar-refractivity contribution in [1.29, 1.82) is 0 Å². The Morgan fingerprint density at radius 2 is 1.96 bits per heavy atom. The first-order valence-electron chi connectivity index (χ1n) is 8.95. The van der Waals surface area contributed by atoms with E-state index in [1.54, 1.807) is 11.2 Å². The first-order valence-corrected chi connectivity index (χ1v) is 8.95. The molecule has 3 rings (SSSR count). The number of amides is 1. The van der Waals surface area contributed by atoms with E-state index in [0.29, 0.717) is 19.0 Å². The van der Waals surface area contributed by atoms with Crippen molar-refractivity contribution in [2.45, 2.75) is 58.5 Å². The van der Waals surface area contributed by atoms with Gasteiger partial charge in [-0.15, -0.1) is 0 Å². The maximum Gasteiger partial charge on any atom is 0.410 e. The van der Waals surface area contributed by atoms with Gasteiger partial charge in [-0.3, -0.25) is 0 Å². The SMILES string of the molecule is CCC1CCc2ncnc(N3CCN(C(=O)OC(C)(C)C)CC3)c21. The molecule has 0 radical (unpaired) electrons. The summed E-state index contributed by atoms with van der Waals surface area (Å²) in [6.07, 6.45) is 4.83. The fourth-order valence-electron chi connectivity index (χ4n) is 3.58. The highest BCUT2D eigenvalue weighted by Crippen LogP contribution is 2.39. The van der Waals surface area contributed by atoms with Crippen LogP contribution in [-0.4, -0.2) is 52.7 Å². The zero-order chi connectivity index (χ0) is 17.3. The molecule has 1 aromatic rings. The third kappa shape index (κ3) is 3.47. The molecule has 0 saturated carbocycles. The van der Waals surface area contributed by atoms with Crippen LogP contribution in [0.2, 0.25) is 0 Å². The van der Waals surface area contributed by atoms with Crippen LogP contribution in [0.15, 0.2) is 6.33 Å². The Hall–Kier alpha value is -1.85. The summed E-state index contributed by atoms with van der Waals surface area (Å²) in [4.78, 5) is 25.4. The van der Waals surface area contributed by atoms with Gasteiger partial charge in [0.25, 0.3) is 0 Å². The number of aromatic nitrogens is 2. The smallest absolute Gasteiger partial charge is 0.410 e. The third-order valence-corrected chi connectivity index (χ3v) is 4.81. The molecule has 1 unspecified atom stereocenters. The van der Waals surface area contributed by atoms with Crippen molar-refractivity contribution < 1.29 is 9.53 Å². The van der Waals surface area contributed by atoms with Crippen molar-refractivity contribution in [3.05, 3.63) is 17.6 Å². The second-order valence-corrected chi connectivity index (χ2v) is 7.66. The molecular weight excluding hydrogens is 304 g/mol. The normalized spacial score (nSPS) is 20.9. The predicted octanol–water partition coefficient (Wildman–Crippen LogP) is 2.97. The molecule has 0 aromatic carbocycles. The summed E-state index contributed by atoms with van der Waals surface area (Å²) in [7, 11) is 0. The topological polar surface area (TPSA) is 58.6 Å². The quantitative estimate of drug-likeness (QED) is 0.833. The van der Waals surface area contributed by atoms with Gasteiger partial charge < -0.3 is 14.5 Å². The molecule has 2 heterocycles. The summed E-state index contributed by atoms with van der Waals surface area (Å²) in [5, 5.41) is 0. The summed E-state index contributed by atoms with van der Waals surface area (Å²) in [5.41, 5.74) is 2.10. The van der Waals surface area contributed by atoms with E-state index in [1.807, 2.05) is 20.8 Å². The number of anilines is 1. The van der Waals surface area contributed by atoms with Crippen LogP contribution in [0.1, 0.15) is 57.7 Å². The highest BCUT2D eigenvalue weighted by Gasteiger charge is 2.31. The fraction of sp³-hybridized carbons (Fsp3) is 0.722. The average molecular weight is 332 g/mol. The summed E-state index contributed by atoms with van der Waals surface area (Å²) in [6.45, 7) is 10.9. The molecule has 1 amide bonds. The van der Waals surface area contributed by atoms with Crippen LogP contribution in [0, 0.1) is 0 Å². The largest absolute Gasteiger partial charge is 0.444 e. The van der Waals surface area contributed by atoms with E-state index in [2.05, 4.69) is 21.8 Å². The molecule has 1 fully saturated rings. The van der Waals surface area contributed by atoms with Crippen molar-refractivity contribution >= 4 is 11.9 Å². The molecule has 24 heavy (non-hydrogen) atoms. The molecule has 2 aliphatic rings. The summed E-state index contributed by atoms with van der Waals surface area (Å²) < 4.78 is 5.47. The monoisotopic (exact) mass is 332 g/mol. The van der Waals surface area contributed by atoms with E-state index in [4.69, 9.17) is 4.74 Å². The lowest BCUT2D eigenvalue weighted by Gasteiger charge is -2.37. The Kier molecular flexibility index (Phi) is 4.65. The summed E-state index contributed by atoms with van der Waals surface area (Å²) >= 11 is 0. The Morgan fingerprint density at radius 3 is 2.58 bits per heavy atom. The maximum atomic E-state index is 12.2. The zero-order valence-corrected chi connectivity index (χ0v) is 15.2. The minimum Gasteiger partial charge on any atom is -0.444 e. The highest BCUT2D eigenvalue weighted by molar-refractivity contribution is 5.68. The van der Waals surface area contributed by atoms with E-state index < -0.39 is 5.60 Å². The first kappa shape index (κ1) is 17.0. The molecule has 0 spiro atoms. The molecular formula is C18H28N4O2. The first-order chi connectivity index (χ1) is 11.4.